The van der Waals surface area contributed by atoms with Gasteiger partial charge in [-0.1, -0.05) is 0 Å². The minimum absolute atomic E-state index is 0.00727. The van der Waals surface area contributed by atoms with Gasteiger partial charge < -0.3 is 10.5 Å². The van der Waals surface area contributed by atoms with E-state index in [0.29, 0.717) is 6.54 Å². The molecule has 0 bridgehead atoms. The van der Waals surface area contributed by atoms with Crippen LogP contribution in [0.5, 0.6) is 0 Å². The Hall–Kier alpha value is -0.980. The Morgan fingerprint density at radius 1 is 1.41 bits per heavy atom. The van der Waals surface area contributed by atoms with Crippen LogP contribution in [0.15, 0.2) is 22.8 Å². The molecule has 1 aliphatic rings. The second-order valence-electron chi connectivity index (χ2n) is 4.19. The molecule has 1 aliphatic heterocycles. The highest BCUT2D eigenvalue weighted by Gasteiger charge is 2.29. The highest BCUT2D eigenvalue weighted by molar-refractivity contribution is 9.10. The first-order valence-electron chi connectivity index (χ1n) is 5.63. The van der Waals surface area contributed by atoms with Gasteiger partial charge in [0.25, 0.3) is 0 Å². The molecule has 0 aliphatic carbocycles. The molecule has 2 N–H and O–H groups in total. The van der Waals surface area contributed by atoms with Crippen molar-refractivity contribution in [3.05, 3.63) is 28.6 Å². The van der Waals surface area contributed by atoms with E-state index in [1.807, 2.05) is 22.7 Å². The monoisotopic (exact) mass is 296 g/mol. The molecule has 2 aromatic heterocycles. The standard InChI is InChI=1S/C11H13BrN4O/c12-7-1-4-10-14-15-11(16(10)6-7)9-3-2-8(5-13)17-9/h1,4,6,8-9H,2-3,5,13H2. The van der Waals surface area contributed by atoms with Gasteiger partial charge in [-0.2, -0.15) is 0 Å². The van der Waals surface area contributed by atoms with Crippen molar-refractivity contribution in [3.8, 4) is 0 Å². The average molecular weight is 297 g/mol. The molecular formula is C11H13BrN4O. The van der Waals surface area contributed by atoms with Crippen LogP contribution in [0.4, 0.5) is 0 Å². The molecule has 0 aromatic carbocycles. The zero-order valence-electron chi connectivity index (χ0n) is 9.21. The summed E-state index contributed by atoms with van der Waals surface area (Å²) in [7, 11) is 0. The van der Waals surface area contributed by atoms with Crippen molar-refractivity contribution in [1.29, 1.82) is 0 Å². The van der Waals surface area contributed by atoms with Gasteiger partial charge in [-0.05, 0) is 40.9 Å². The Kier molecular flexibility index (Phi) is 2.85. The third-order valence-electron chi connectivity index (χ3n) is 3.05. The predicted molar refractivity (Wildman–Crippen MR) is 66.6 cm³/mol. The van der Waals surface area contributed by atoms with E-state index in [1.165, 1.54) is 0 Å². The number of nitrogens with two attached hydrogens (primary N) is 1. The fourth-order valence-corrected chi connectivity index (χ4v) is 2.51. The van der Waals surface area contributed by atoms with E-state index in [0.717, 1.165) is 28.8 Å². The minimum Gasteiger partial charge on any atom is -0.366 e. The molecule has 3 heterocycles. The van der Waals surface area contributed by atoms with Crippen LogP contribution in [0.25, 0.3) is 5.65 Å². The average Bonchev–Trinajstić information content (AvgIpc) is 2.93. The quantitative estimate of drug-likeness (QED) is 0.915. The van der Waals surface area contributed by atoms with Crippen molar-refractivity contribution in [2.24, 2.45) is 5.73 Å². The fraction of sp³-hybridized carbons (Fsp3) is 0.455. The predicted octanol–water partition coefficient (Wildman–Crippen LogP) is 1.67. The fourth-order valence-electron chi connectivity index (χ4n) is 2.17. The number of pyridine rings is 1. The van der Waals surface area contributed by atoms with Gasteiger partial charge in [-0.15, -0.1) is 10.2 Å². The highest BCUT2D eigenvalue weighted by Crippen LogP contribution is 2.31. The Labute approximate surface area is 107 Å². The lowest BCUT2D eigenvalue weighted by molar-refractivity contribution is 0.0442. The number of hydrogen-bond acceptors (Lipinski definition) is 4. The molecule has 0 amide bonds. The normalized spacial score (nSPS) is 24.6. The molecule has 0 saturated carbocycles. The third-order valence-corrected chi connectivity index (χ3v) is 3.52. The first-order chi connectivity index (χ1) is 8.28. The van der Waals surface area contributed by atoms with Crippen LogP contribution in [-0.2, 0) is 4.74 Å². The molecule has 5 nitrogen and oxygen atoms in total. The van der Waals surface area contributed by atoms with E-state index in [4.69, 9.17) is 10.5 Å². The van der Waals surface area contributed by atoms with E-state index in [9.17, 15) is 0 Å². The maximum absolute atomic E-state index is 5.84. The highest BCUT2D eigenvalue weighted by atomic mass is 79.9. The van der Waals surface area contributed by atoms with Crippen LogP contribution < -0.4 is 5.73 Å². The summed E-state index contributed by atoms with van der Waals surface area (Å²) in [6, 6.07) is 3.88. The molecule has 2 unspecified atom stereocenters. The summed E-state index contributed by atoms with van der Waals surface area (Å²) in [4.78, 5) is 0. The van der Waals surface area contributed by atoms with Gasteiger partial charge in [-0.3, -0.25) is 4.40 Å². The lowest BCUT2D eigenvalue weighted by atomic mass is 10.2. The van der Waals surface area contributed by atoms with E-state index in [-0.39, 0.29) is 12.2 Å². The van der Waals surface area contributed by atoms with Gasteiger partial charge in [0, 0.05) is 17.2 Å². The first kappa shape index (κ1) is 11.1. The number of halogens is 1. The Balaban J connectivity index is 1.98. The molecule has 2 atom stereocenters. The summed E-state index contributed by atoms with van der Waals surface area (Å²) >= 11 is 3.45. The van der Waals surface area contributed by atoms with E-state index in [1.54, 1.807) is 0 Å². The van der Waals surface area contributed by atoms with Crippen LogP contribution in [0, 0.1) is 0 Å². The zero-order chi connectivity index (χ0) is 11.8. The van der Waals surface area contributed by atoms with Crippen molar-refractivity contribution in [2.45, 2.75) is 25.0 Å². The second kappa shape index (κ2) is 4.36. The Morgan fingerprint density at radius 3 is 3.06 bits per heavy atom. The third kappa shape index (κ3) is 1.96. The maximum atomic E-state index is 5.84. The lowest BCUT2D eigenvalue weighted by Crippen LogP contribution is -2.19. The van der Waals surface area contributed by atoms with Crippen LogP contribution in [-0.4, -0.2) is 27.2 Å². The van der Waals surface area contributed by atoms with E-state index >= 15 is 0 Å². The number of ether oxygens (including phenoxy) is 1. The summed E-state index contributed by atoms with van der Waals surface area (Å²) in [6.07, 6.45) is 4.07. The molecule has 6 heteroatoms. The molecule has 90 valence electrons. The molecule has 0 radical (unpaired) electrons. The number of nitrogens with zero attached hydrogens (tertiary/aromatic N) is 3. The largest absolute Gasteiger partial charge is 0.366 e. The topological polar surface area (TPSA) is 65.4 Å². The van der Waals surface area contributed by atoms with Crippen LogP contribution in [0.2, 0.25) is 0 Å². The second-order valence-corrected chi connectivity index (χ2v) is 5.11. The zero-order valence-corrected chi connectivity index (χ0v) is 10.8. The van der Waals surface area contributed by atoms with Gasteiger partial charge >= 0.3 is 0 Å². The SMILES string of the molecule is NCC1CCC(c2nnc3ccc(Br)cn23)O1. The lowest BCUT2D eigenvalue weighted by Gasteiger charge is -2.10. The van der Waals surface area contributed by atoms with Crippen LogP contribution in [0.3, 0.4) is 0 Å². The Morgan fingerprint density at radius 2 is 2.29 bits per heavy atom. The smallest absolute Gasteiger partial charge is 0.166 e. The number of aromatic nitrogens is 3. The van der Waals surface area contributed by atoms with Gasteiger partial charge in [0.15, 0.2) is 11.5 Å². The molecule has 2 aromatic rings. The molecular weight excluding hydrogens is 284 g/mol. The van der Waals surface area contributed by atoms with E-state index < -0.39 is 0 Å². The molecule has 17 heavy (non-hydrogen) atoms. The van der Waals surface area contributed by atoms with Gasteiger partial charge in [0.2, 0.25) is 0 Å². The summed E-state index contributed by atoms with van der Waals surface area (Å²) in [5, 5.41) is 8.35. The minimum atomic E-state index is 0.00727. The summed E-state index contributed by atoms with van der Waals surface area (Å²) < 4.78 is 8.80. The molecule has 3 rings (SSSR count). The number of rotatable bonds is 2. The summed E-state index contributed by atoms with van der Waals surface area (Å²) in [5.41, 5.74) is 6.45. The number of hydrogen-bond donors (Lipinski definition) is 1. The van der Waals surface area contributed by atoms with Crippen molar-refractivity contribution >= 4 is 21.6 Å². The molecule has 1 fully saturated rings. The van der Waals surface area contributed by atoms with Crippen molar-refractivity contribution in [3.63, 3.8) is 0 Å². The van der Waals surface area contributed by atoms with Crippen LogP contribution in [0.1, 0.15) is 24.8 Å². The first-order valence-corrected chi connectivity index (χ1v) is 6.43. The van der Waals surface area contributed by atoms with Crippen molar-refractivity contribution < 1.29 is 4.74 Å². The van der Waals surface area contributed by atoms with Crippen LogP contribution >= 0.6 is 15.9 Å². The van der Waals surface area contributed by atoms with E-state index in [2.05, 4.69) is 26.1 Å². The van der Waals surface area contributed by atoms with Gasteiger partial charge in [0.1, 0.15) is 6.10 Å². The molecule has 0 spiro atoms. The Bertz CT molecular complexity index is 541. The molecule has 1 saturated heterocycles. The van der Waals surface area contributed by atoms with Gasteiger partial charge in [-0.25, -0.2) is 0 Å². The summed E-state index contributed by atoms with van der Waals surface area (Å²) in [6.45, 7) is 0.566. The summed E-state index contributed by atoms with van der Waals surface area (Å²) in [5.74, 6) is 0.859. The number of fused-ring (bicyclic) bond motifs is 1. The van der Waals surface area contributed by atoms with Crippen molar-refractivity contribution in [1.82, 2.24) is 14.6 Å². The van der Waals surface area contributed by atoms with Gasteiger partial charge in [0.05, 0.1) is 6.10 Å². The van der Waals surface area contributed by atoms with Crippen molar-refractivity contribution in [2.75, 3.05) is 6.54 Å². The maximum Gasteiger partial charge on any atom is 0.166 e.